The van der Waals surface area contributed by atoms with Gasteiger partial charge in [0.15, 0.2) is 0 Å². The number of nitrogens with one attached hydrogen (secondary N) is 1. The first-order valence-electron chi connectivity index (χ1n) is 7.15. The topological polar surface area (TPSA) is 33.7 Å². The minimum absolute atomic E-state index is 0.219. The fourth-order valence-electron chi connectivity index (χ4n) is 2.52. The molecule has 0 saturated carbocycles. The minimum Gasteiger partial charge on any atom is -0.382 e. The monoisotopic (exact) mass is 258 g/mol. The van der Waals surface area contributed by atoms with Gasteiger partial charge in [0.1, 0.15) is 0 Å². The van der Waals surface area contributed by atoms with Gasteiger partial charge in [-0.2, -0.15) is 0 Å². The molecule has 1 N–H and O–H groups in total. The molecule has 0 aliphatic carbocycles. The van der Waals surface area contributed by atoms with Gasteiger partial charge in [-0.15, -0.1) is 0 Å². The van der Waals surface area contributed by atoms with Gasteiger partial charge < -0.3 is 14.8 Å². The summed E-state index contributed by atoms with van der Waals surface area (Å²) < 4.78 is 10.6. The molecule has 1 atom stereocenters. The normalized spacial score (nSPS) is 24.3. The van der Waals surface area contributed by atoms with Crippen LogP contribution in [0.3, 0.4) is 0 Å². The van der Waals surface area contributed by atoms with E-state index in [9.17, 15) is 0 Å². The Balaban J connectivity index is 2.31. The number of hydrogen-bond donors (Lipinski definition) is 1. The summed E-state index contributed by atoms with van der Waals surface area (Å²) in [5.74, 6) is 0. The average molecular weight is 258 g/mol. The van der Waals surface area contributed by atoms with Crippen LogP contribution in [0.4, 0.5) is 0 Å². The van der Waals surface area contributed by atoms with Crippen LogP contribution in [-0.4, -0.2) is 63.0 Å². The standard InChI is InChI=1S/C14H30N2O2/c1-5-6-13-11-15-14(2,3)12-16(13)7-8-18-10-9-17-4/h13,15H,5-12H2,1-4H3. The maximum atomic E-state index is 5.58. The van der Waals surface area contributed by atoms with Crippen LogP contribution in [0.15, 0.2) is 0 Å². The first-order chi connectivity index (χ1) is 8.59. The summed E-state index contributed by atoms with van der Waals surface area (Å²) in [7, 11) is 1.71. The third kappa shape index (κ3) is 5.65. The van der Waals surface area contributed by atoms with E-state index in [0.29, 0.717) is 19.3 Å². The number of methoxy groups -OCH3 is 1. The number of rotatable bonds is 8. The molecule has 4 nitrogen and oxygen atoms in total. The van der Waals surface area contributed by atoms with Crippen molar-refractivity contribution in [3.05, 3.63) is 0 Å². The third-order valence-electron chi connectivity index (χ3n) is 3.51. The molecule has 1 unspecified atom stereocenters. The molecule has 1 saturated heterocycles. The van der Waals surface area contributed by atoms with Crippen LogP contribution in [0.1, 0.15) is 33.6 Å². The zero-order valence-corrected chi connectivity index (χ0v) is 12.5. The molecule has 0 aromatic carbocycles. The lowest BCUT2D eigenvalue weighted by molar-refractivity contribution is 0.0284. The summed E-state index contributed by atoms with van der Waals surface area (Å²) in [4.78, 5) is 2.58. The molecule has 1 aliphatic heterocycles. The summed E-state index contributed by atoms with van der Waals surface area (Å²) in [6.45, 7) is 12.2. The van der Waals surface area contributed by atoms with Crippen LogP contribution < -0.4 is 5.32 Å². The number of nitrogens with zero attached hydrogens (tertiary/aromatic N) is 1. The summed E-state index contributed by atoms with van der Waals surface area (Å²) >= 11 is 0. The highest BCUT2D eigenvalue weighted by Gasteiger charge is 2.31. The predicted octanol–water partition coefficient (Wildman–Crippen LogP) is 1.50. The lowest BCUT2D eigenvalue weighted by Gasteiger charge is -2.44. The van der Waals surface area contributed by atoms with E-state index in [0.717, 1.165) is 26.2 Å². The molecule has 0 spiro atoms. The van der Waals surface area contributed by atoms with Gasteiger partial charge in [0, 0.05) is 38.3 Å². The third-order valence-corrected chi connectivity index (χ3v) is 3.51. The first kappa shape index (κ1) is 15.9. The Morgan fingerprint density at radius 2 is 2.06 bits per heavy atom. The van der Waals surface area contributed by atoms with Gasteiger partial charge >= 0.3 is 0 Å². The van der Waals surface area contributed by atoms with E-state index in [1.54, 1.807) is 7.11 Å². The molecule has 0 aromatic rings. The molecule has 0 radical (unpaired) electrons. The first-order valence-corrected chi connectivity index (χ1v) is 7.15. The maximum Gasteiger partial charge on any atom is 0.0700 e. The number of hydrogen-bond acceptors (Lipinski definition) is 4. The molecule has 0 aromatic heterocycles. The Bertz CT molecular complexity index is 222. The SMILES string of the molecule is CCCC1CNC(C)(C)CN1CCOCCOC. The van der Waals surface area contributed by atoms with Gasteiger partial charge in [-0.1, -0.05) is 13.3 Å². The number of piperazine rings is 1. The van der Waals surface area contributed by atoms with Crippen LogP contribution in [-0.2, 0) is 9.47 Å². The van der Waals surface area contributed by atoms with Crippen molar-refractivity contribution in [2.45, 2.75) is 45.2 Å². The van der Waals surface area contributed by atoms with Crippen LogP contribution >= 0.6 is 0 Å². The van der Waals surface area contributed by atoms with E-state index < -0.39 is 0 Å². The van der Waals surface area contributed by atoms with Crippen molar-refractivity contribution < 1.29 is 9.47 Å². The van der Waals surface area contributed by atoms with Gasteiger partial charge in [0.25, 0.3) is 0 Å². The molecule has 0 amide bonds. The van der Waals surface area contributed by atoms with E-state index in [-0.39, 0.29) is 5.54 Å². The van der Waals surface area contributed by atoms with Crippen LogP contribution in [0.2, 0.25) is 0 Å². The predicted molar refractivity (Wildman–Crippen MR) is 75.0 cm³/mol. The van der Waals surface area contributed by atoms with E-state index >= 15 is 0 Å². The largest absolute Gasteiger partial charge is 0.382 e. The van der Waals surface area contributed by atoms with Gasteiger partial charge in [-0.3, -0.25) is 4.90 Å². The molecule has 18 heavy (non-hydrogen) atoms. The molecule has 0 bridgehead atoms. The highest BCUT2D eigenvalue weighted by atomic mass is 16.5. The zero-order valence-electron chi connectivity index (χ0n) is 12.5. The molecule has 1 rings (SSSR count). The second-order valence-corrected chi connectivity index (χ2v) is 5.78. The highest BCUT2D eigenvalue weighted by molar-refractivity contribution is 4.91. The fourth-order valence-corrected chi connectivity index (χ4v) is 2.52. The second-order valence-electron chi connectivity index (χ2n) is 5.78. The Morgan fingerprint density at radius 3 is 2.72 bits per heavy atom. The summed E-state index contributed by atoms with van der Waals surface area (Å²) in [6.07, 6.45) is 2.51. The second kappa shape index (κ2) is 8.10. The lowest BCUT2D eigenvalue weighted by atomic mass is 9.97. The van der Waals surface area contributed by atoms with Gasteiger partial charge in [0.2, 0.25) is 0 Å². The maximum absolute atomic E-state index is 5.58. The lowest BCUT2D eigenvalue weighted by Crippen LogP contribution is -2.61. The van der Waals surface area contributed by atoms with Crippen molar-refractivity contribution in [3.8, 4) is 0 Å². The summed E-state index contributed by atoms with van der Waals surface area (Å²) in [5.41, 5.74) is 0.219. The van der Waals surface area contributed by atoms with Gasteiger partial charge in [-0.25, -0.2) is 0 Å². The van der Waals surface area contributed by atoms with Crippen molar-refractivity contribution in [1.29, 1.82) is 0 Å². The Hall–Kier alpha value is -0.160. The average Bonchev–Trinajstić information content (AvgIpc) is 2.32. The molecule has 108 valence electrons. The van der Waals surface area contributed by atoms with E-state index in [1.165, 1.54) is 12.8 Å². The molecular formula is C14H30N2O2. The van der Waals surface area contributed by atoms with Crippen molar-refractivity contribution >= 4 is 0 Å². The van der Waals surface area contributed by atoms with Gasteiger partial charge in [-0.05, 0) is 20.3 Å². The number of ether oxygens (including phenoxy) is 2. The van der Waals surface area contributed by atoms with Crippen molar-refractivity contribution in [3.63, 3.8) is 0 Å². The molecular weight excluding hydrogens is 228 g/mol. The Kier molecular flexibility index (Phi) is 7.15. The molecule has 1 aliphatic rings. The Labute approximate surface area is 112 Å². The van der Waals surface area contributed by atoms with Crippen LogP contribution in [0.5, 0.6) is 0 Å². The molecule has 4 heteroatoms. The fraction of sp³-hybridized carbons (Fsp3) is 1.00. The zero-order chi connectivity index (χ0) is 13.4. The van der Waals surface area contributed by atoms with E-state index in [1.807, 2.05) is 0 Å². The van der Waals surface area contributed by atoms with Crippen molar-refractivity contribution in [1.82, 2.24) is 10.2 Å². The van der Waals surface area contributed by atoms with E-state index in [4.69, 9.17) is 9.47 Å². The highest BCUT2D eigenvalue weighted by Crippen LogP contribution is 2.17. The van der Waals surface area contributed by atoms with Gasteiger partial charge in [0.05, 0.1) is 19.8 Å². The smallest absolute Gasteiger partial charge is 0.0700 e. The van der Waals surface area contributed by atoms with E-state index in [2.05, 4.69) is 31.0 Å². The summed E-state index contributed by atoms with van der Waals surface area (Å²) in [5, 5.41) is 3.63. The van der Waals surface area contributed by atoms with Crippen LogP contribution in [0.25, 0.3) is 0 Å². The minimum atomic E-state index is 0.219. The Morgan fingerprint density at radius 1 is 1.28 bits per heavy atom. The molecule has 1 heterocycles. The van der Waals surface area contributed by atoms with Crippen molar-refractivity contribution in [2.24, 2.45) is 0 Å². The molecule has 1 fully saturated rings. The quantitative estimate of drug-likeness (QED) is 0.669. The van der Waals surface area contributed by atoms with Crippen LogP contribution in [0, 0.1) is 0 Å². The summed E-state index contributed by atoms with van der Waals surface area (Å²) in [6, 6.07) is 0.661. The van der Waals surface area contributed by atoms with Crippen molar-refractivity contribution in [2.75, 3.05) is 46.6 Å².